The summed E-state index contributed by atoms with van der Waals surface area (Å²) in [5.41, 5.74) is 7.07. The Bertz CT molecular complexity index is 2000. The quantitative estimate of drug-likeness (QED) is 0.196. The standard InChI is InChI=1S/C38H28N4O/c1-41(2)31-17-11-27(12-18-31)15-21-33-23-29(30(25-39)26-40)24-34(43-33)22-16-28-13-19-32(20-14-28)42-37-9-5-3-7-35(37)36-8-4-6-10-38(36)42/h3-24H,1-2H3. The third-order valence-electron chi connectivity index (χ3n) is 7.36. The van der Waals surface area contributed by atoms with Crippen molar-refractivity contribution in [1.29, 1.82) is 10.5 Å². The Kier molecular flexibility index (Phi) is 7.47. The summed E-state index contributed by atoms with van der Waals surface area (Å²) < 4.78 is 8.41. The fraction of sp³-hybridized carbons (Fsp3) is 0.0526. The number of nitrogens with zero attached hydrogens (tertiary/aromatic N) is 4. The highest BCUT2D eigenvalue weighted by Crippen LogP contribution is 2.32. The number of anilines is 1. The highest BCUT2D eigenvalue weighted by atomic mass is 16.5. The minimum absolute atomic E-state index is 0.0333. The van der Waals surface area contributed by atoms with E-state index in [0.717, 1.165) is 22.5 Å². The molecule has 0 saturated carbocycles. The second-order valence-electron chi connectivity index (χ2n) is 10.4. The minimum atomic E-state index is 0.0333. The van der Waals surface area contributed by atoms with Crippen LogP contribution >= 0.6 is 0 Å². The molecule has 0 saturated heterocycles. The van der Waals surface area contributed by atoms with E-state index < -0.39 is 0 Å². The lowest BCUT2D eigenvalue weighted by atomic mass is 10.1. The smallest absolute Gasteiger partial charge is 0.137 e. The third kappa shape index (κ3) is 5.61. The van der Waals surface area contributed by atoms with Crippen molar-refractivity contribution in [2.24, 2.45) is 0 Å². The lowest BCUT2D eigenvalue weighted by Gasteiger charge is -2.14. The molecule has 2 heterocycles. The van der Waals surface area contributed by atoms with Gasteiger partial charge in [-0.05, 0) is 71.8 Å². The molecule has 0 N–H and O–H groups in total. The zero-order valence-corrected chi connectivity index (χ0v) is 23.9. The Balaban J connectivity index is 1.26. The van der Waals surface area contributed by atoms with Crippen LogP contribution in [0.2, 0.25) is 0 Å². The second kappa shape index (κ2) is 11.8. The van der Waals surface area contributed by atoms with Gasteiger partial charge in [-0.2, -0.15) is 10.5 Å². The van der Waals surface area contributed by atoms with Gasteiger partial charge in [-0.15, -0.1) is 0 Å². The molecule has 0 spiro atoms. The molecule has 1 aromatic heterocycles. The maximum absolute atomic E-state index is 9.50. The molecule has 5 nitrogen and oxygen atoms in total. The molecule has 0 amide bonds. The van der Waals surface area contributed by atoms with Crippen LogP contribution in [0.4, 0.5) is 5.69 Å². The highest BCUT2D eigenvalue weighted by Gasteiger charge is 2.13. The molecule has 206 valence electrons. The molecule has 0 unspecified atom stereocenters. The summed E-state index contributed by atoms with van der Waals surface area (Å²) in [4.78, 5) is 2.05. The van der Waals surface area contributed by atoms with Crippen LogP contribution in [0.5, 0.6) is 0 Å². The lowest BCUT2D eigenvalue weighted by molar-refractivity contribution is 0.332. The molecule has 1 aliphatic heterocycles. The van der Waals surface area contributed by atoms with E-state index in [1.807, 2.05) is 79.7 Å². The number of allylic oxidation sites excluding steroid dienone is 6. The van der Waals surface area contributed by atoms with Crippen molar-refractivity contribution in [3.05, 3.63) is 155 Å². The number of hydrogen-bond donors (Lipinski definition) is 0. The Morgan fingerprint density at radius 2 is 1.14 bits per heavy atom. The molecular formula is C38H28N4O. The Morgan fingerprint density at radius 1 is 0.651 bits per heavy atom. The number of rotatable bonds is 6. The summed E-state index contributed by atoms with van der Waals surface area (Å²) in [6.45, 7) is 0. The van der Waals surface area contributed by atoms with Crippen molar-refractivity contribution in [2.75, 3.05) is 19.0 Å². The molecular weight excluding hydrogens is 528 g/mol. The monoisotopic (exact) mass is 556 g/mol. The molecule has 0 bridgehead atoms. The Hall–Kier alpha value is -6.04. The van der Waals surface area contributed by atoms with E-state index in [2.05, 4.69) is 77.4 Å². The number of para-hydroxylation sites is 2. The number of hydrogen-bond acceptors (Lipinski definition) is 4. The van der Waals surface area contributed by atoms with Gasteiger partial charge < -0.3 is 14.2 Å². The highest BCUT2D eigenvalue weighted by molar-refractivity contribution is 6.09. The zero-order chi connectivity index (χ0) is 29.8. The summed E-state index contributed by atoms with van der Waals surface area (Å²) in [6.07, 6.45) is 11.0. The van der Waals surface area contributed by atoms with Crippen molar-refractivity contribution >= 4 is 39.6 Å². The fourth-order valence-corrected chi connectivity index (χ4v) is 5.18. The molecule has 0 atom stereocenters. The van der Waals surface area contributed by atoms with Gasteiger partial charge in [0.05, 0.1) is 11.0 Å². The summed E-state index contributed by atoms with van der Waals surface area (Å²) in [6, 6.07) is 37.4. The van der Waals surface area contributed by atoms with E-state index in [0.29, 0.717) is 17.1 Å². The first-order valence-corrected chi connectivity index (χ1v) is 13.9. The van der Waals surface area contributed by atoms with Gasteiger partial charge in [-0.3, -0.25) is 0 Å². The van der Waals surface area contributed by atoms with Crippen LogP contribution in [0.15, 0.2) is 144 Å². The van der Waals surface area contributed by atoms with Gasteiger partial charge in [-0.25, -0.2) is 0 Å². The minimum Gasteiger partial charge on any atom is -0.457 e. The normalized spacial score (nSPS) is 13.1. The van der Waals surface area contributed by atoms with Gasteiger partial charge in [0.1, 0.15) is 29.2 Å². The van der Waals surface area contributed by atoms with E-state index in [1.54, 1.807) is 12.2 Å². The largest absolute Gasteiger partial charge is 0.457 e. The van der Waals surface area contributed by atoms with Gasteiger partial charge in [-0.1, -0.05) is 72.8 Å². The third-order valence-corrected chi connectivity index (χ3v) is 7.36. The molecule has 4 aromatic carbocycles. The van der Waals surface area contributed by atoms with Gasteiger partial charge >= 0.3 is 0 Å². The first-order chi connectivity index (χ1) is 21.0. The number of benzene rings is 4. The van der Waals surface area contributed by atoms with Crippen molar-refractivity contribution in [2.45, 2.75) is 0 Å². The van der Waals surface area contributed by atoms with Gasteiger partial charge in [0.25, 0.3) is 0 Å². The van der Waals surface area contributed by atoms with Crippen molar-refractivity contribution < 1.29 is 4.74 Å². The molecule has 1 aliphatic rings. The lowest BCUT2D eigenvalue weighted by Crippen LogP contribution is -2.07. The Labute approximate surface area is 251 Å². The van der Waals surface area contributed by atoms with E-state index >= 15 is 0 Å². The molecule has 0 aliphatic carbocycles. The molecule has 0 radical (unpaired) electrons. The first-order valence-electron chi connectivity index (χ1n) is 13.9. The van der Waals surface area contributed by atoms with Crippen molar-refractivity contribution in [3.63, 3.8) is 0 Å². The van der Waals surface area contributed by atoms with E-state index in [9.17, 15) is 10.5 Å². The number of ether oxygens (including phenoxy) is 1. The number of fused-ring (bicyclic) bond motifs is 3. The van der Waals surface area contributed by atoms with E-state index in [-0.39, 0.29) is 5.57 Å². The summed E-state index contributed by atoms with van der Waals surface area (Å²) in [5, 5.41) is 21.5. The molecule has 43 heavy (non-hydrogen) atoms. The van der Waals surface area contributed by atoms with Crippen LogP contribution in [0.1, 0.15) is 11.1 Å². The van der Waals surface area contributed by atoms with E-state index in [1.165, 1.54) is 21.8 Å². The van der Waals surface area contributed by atoms with Gasteiger partial charge in [0.15, 0.2) is 0 Å². The predicted octanol–water partition coefficient (Wildman–Crippen LogP) is 8.72. The summed E-state index contributed by atoms with van der Waals surface area (Å²) >= 11 is 0. The molecule has 0 fully saturated rings. The molecule has 5 aromatic rings. The maximum atomic E-state index is 9.50. The summed E-state index contributed by atoms with van der Waals surface area (Å²) in [7, 11) is 4.01. The first kappa shape index (κ1) is 27.1. The van der Waals surface area contributed by atoms with Crippen LogP contribution in [0, 0.1) is 22.7 Å². The average Bonchev–Trinajstić information content (AvgIpc) is 3.38. The summed E-state index contributed by atoms with van der Waals surface area (Å²) in [5.74, 6) is 1.08. The van der Waals surface area contributed by atoms with Gasteiger partial charge in [0.2, 0.25) is 0 Å². The van der Waals surface area contributed by atoms with Crippen molar-refractivity contribution in [1.82, 2.24) is 4.57 Å². The Morgan fingerprint density at radius 3 is 1.63 bits per heavy atom. The van der Waals surface area contributed by atoms with Gasteiger partial charge in [0, 0.05) is 41.8 Å². The second-order valence-corrected chi connectivity index (χ2v) is 10.4. The number of nitriles is 2. The van der Waals surface area contributed by atoms with E-state index in [4.69, 9.17) is 4.74 Å². The van der Waals surface area contributed by atoms with Crippen LogP contribution in [-0.2, 0) is 4.74 Å². The zero-order valence-electron chi connectivity index (χ0n) is 23.9. The van der Waals surface area contributed by atoms with Crippen LogP contribution in [0.3, 0.4) is 0 Å². The topological polar surface area (TPSA) is 65.0 Å². The molecule has 5 heteroatoms. The number of aromatic nitrogens is 1. The average molecular weight is 557 g/mol. The van der Waals surface area contributed by atoms with Crippen LogP contribution in [0.25, 0.3) is 39.6 Å². The van der Waals surface area contributed by atoms with Crippen molar-refractivity contribution in [3.8, 4) is 17.8 Å². The predicted molar refractivity (Wildman–Crippen MR) is 175 cm³/mol. The van der Waals surface area contributed by atoms with Crippen LogP contribution in [-0.4, -0.2) is 18.7 Å². The molecule has 6 rings (SSSR count). The van der Waals surface area contributed by atoms with Crippen LogP contribution < -0.4 is 4.90 Å². The fourth-order valence-electron chi connectivity index (χ4n) is 5.18. The maximum Gasteiger partial charge on any atom is 0.137 e. The SMILES string of the molecule is CN(C)c1ccc(C=CC2=CC(=C(C#N)C#N)C=C(C=Cc3ccc(-n4c5ccccc5c5ccccc54)cc3)O2)cc1.